The Kier molecular flexibility index (Phi) is 3.39. The van der Waals surface area contributed by atoms with Crippen molar-refractivity contribution in [1.82, 2.24) is 4.90 Å². The van der Waals surface area contributed by atoms with E-state index in [1.807, 2.05) is 0 Å². The molecule has 0 radical (unpaired) electrons. The van der Waals surface area contributed by atoms with Crippen LogP contribution in [-0.2, 0) is 0 Å². The molecule has 13 heavy (non-hydrogen) atoms. The molecular formula is C12H25N. The van der Waals surface area contributed by atoms with Gasteiger partial charge in [-0.1, -0.05) is 20.8 Å². The van der Waals surface area contributed by atoms with E-state index < -0.39 is 0 Å². The zero-order chi connectivity index (χ0) is 10.1. The van der Waals surface area contributed by atoms with Crippen molar-refractivity contribution in [2.45, 2.75) is 53.5 Å². The first-order chi connectivity index (χ1) is 5.91. The molecule has 0 spiro atoms. The maximum absolute atomic E-state index is 2.62. The molecule has 0 N–H and O–H groups in total. The molecule has 0 aromatic rings. The summed E-state index contributed by atoms with van der Waals surface area (Å²) in [6.07, 6.45) is 2.81. The highest BCUT2D eigenvalue weighted by atomic mass is 15.2. The van der Waals surface area contributed by atoms with Crippen LogP contribution in [0.5, 0.6) is 0 Å². The third-order valence-corrected chi connectivity index (χ3v) is 3.41. The monoisotopic (exact) mass is 183 g/mol. The molecule has 0 unspecified atom stereocenters. The molecule has 1 nitrogen and oxygen atoms in total. The summed E-state index contributed by atoms with van der Waals surface area (Å²) in [5, 5.41) is 0. The Balaban J connectivity index is 2.52. The molecule has 0 aromatic heterocycles. The number of nitrogens with zero attached hydrogens (tertiary/aromatic N) is 1. The minimum Gasteiger partial charge on any atom is -0.301 e. The molecule has 1 fully saturated rings. The lowest BCUT2D eigenvalue weighted by molar-refractivity contribution is 0.0787. The minimum absolute atomic E-state index is 0.494. The Morgan fingerprint density at radius 2 is 1.85 bits per heavy atom. The third kappa shape index (κ3) is 2.98. The van der Waals surface area contributed by atoms with Crippen molar-refractivity contribution in [1.29, 1.82) is 0 Å². The van der Waals surface area contributed by atoms with E-state index in [0.717, 1.165) is 12.0 Å². The van der Waals surface area contributed by atoms with E-state index in [1.54, 1.807) is 0 Å². The lowest BCUT2D eigenvalue weighted by Gasteiger charge is -2.41. The minimum atomic E-state index is 0.494. The zero-order valence-corrected chi connectivity index (χ0v) is 9.93. The van der Waals surface area contributed by atoms with E-state index in [-0.39, 0.29) is 0 Å². The molecule has 0 saturated carbocycles. The highest BCUT2D eigenvalue weighted by Crippen LogP contribution is 2.33. The molecule has 0 aliphatic carbocycles. The fourth-order valence-electron chi connectivity index (χ4n) is 2.18. The molecular weight excluding hydrogens is 158 g/mol. The Hall–Kier alpha value is -0.0400. The SMILES string of the molecule is CC(C)N1CCC[C@@H](C(C)(C)C)C1. The molecule has 0 aromatic carbocycles. The summed E-state index contributed by atoms with van der Waals surface area (Å²) in [6, 6.07) is 0.727. The highest BCUT2D eigenvalue weighted by Gasteiger charge is 2.30. The first-order valence-electron chi connectivity index (χ1n) is 5.65. The van der Waals surface area contributed by atoms with Crippen LogP contribution in [0.4, 0.5) is 0 Å². The van der Waals surface area contributed by atoms with Crippen molar-refractivity contribution >= 4 is 0 Å². The van der Waals surface area contributed by atoms with Gasteiger partial charge in [0.25, 0.3) is 0 Å². The average molecular weight is 183 g/mol. The second-order valence-corrected chi connectivity index (χ2v) is 5.79. The normalized spacial score (nSPS) is 26.8. The van der Waals surface area contributed by atoms with Crippen molar-refractivity contribution in [2.24, 2.45) is 11.3 Å². The van der Waals surface area contributed by atoms with Gasteiger partial charge in [0, 0.05) is 12.6 Å². The number of hydrogen-bond donors (Lipinski definition) is 0. The molecule has 1 heterocycles. The van der Waals surface area contributed by atoms with E-state index >= 15 is 0 Å². The standard InChI is InChI=1S/C12H25N/c1-10(2)13-8-6-7-11(9-13)12(3,4)5/h10-11H,6-9H2,1-5H3/t11-/m1/s1. The fourth-order valence-corrected chi connectivity index (χ4v) is 2.18. The first-order valence-corrected chi connectivity index (χ1v) is 5.65. The van der Waals surface area contributed by atoms with Gasteiger partial charge in [0.15, 0.2) is 0 Å². The quantitative estimate of drug-likeness (QED) is 0.603. The van der Waals surface area contributed by atoms with Crippen molar-refractivity contribution in [3.63, 3.8) is 0 Å². The average Bonchev–Trinajstić information content (AvgIpc) is 2.03. The van der Waals surface area contributed by atoms with Crippen molar-refractivity contribution in [2.75, 3.05) is 13.1 Å². The van der Waals surface area contributed by atoms with Crippen molar-refractivity contribution in [3.8, 4) is 0 Å². The second-order valence-electron chi connectivity index (χ2n) is 5.79. The summed E-state index contributed by atoms with van der Waals surface area (Å²) >= 11 is 0. The van der Waals surface area contributed by atoms with Gasteiger partial charge in [-0.3, -0.25) is 0 Å². The van der Waals surface area contributed by atoms with Crippen molar-refractivity contribution < 1.29 is 0 Å². The number of rotatable bonds is 1. The number of likely N-dealkylation sites (tertiary alicyclic amines) is 1. The van der Waals surface area contributed by atoms with Gasteiger partial charge < -0.3 is 4.90 Å². The van der Waals surface area contributed by atoms with Crippen LogP contribution >= 0.6 is 0 Å². The predicted molar refractivity (Wildman–Crippen MR) is 58.9 cm³/mol. The Morgan fingerprint density at radius 3 is 2.31 bits per heavy atom. The van der Waals surface area contributed by atoms with Crippen LogP contribution in [0.3, 0.4) is 0 Å². The topological polar surface area (TPSA) is 3.24 Å². The molecule has 1 heteroatoms. The summed E-state index contributed by atoms with van der Waals surface area (Å²) in [4.78, 5) is 2.62. The maximum Gasteiger partial charge on any atom is 0.00387 e. The maximum atomic E-state index is 2.62. The molecule has 1 aliphatic heterocycles. The van der Waals surface area contributed by atoms with Crippen LogP contribution in [0.1, 0.15) is 47.5 Å². The molecule has 1 atom stereocenters. The van der Waals surface area contributed by atoms with Crippen LogP contribution in [-0.4, -0.2) is 24.0 Å². The summed E-state index contributed by atoms with van der Waals surface area (Å²) in [5.74, 6) is 0.892. The van der Waals surface area contributed by atoms with Gasteiger partial charge in [0.1, 0.15) is 0 Å². The smallest absolute Gasteiger partial charge is 0.00387 e. The molecule has 78 valence electrons. The van der Waals surface area contributed by atoms with E-state index in [4.69, 9.17) is 0 Å². The molecule has 0 amide bonds. The summed E-state index contributed by atoms with van der Waals surface area (Å²) in [7, 11) is 0. The summed E-state index contributed by atoms with van der Waals surface area (Å²) in [5.41, 5.74) is 0.494. The molecule has 0 bridgehead atoms. The Labute approximate surface area is 83.5 Å². The lowest BCUT2D eigenvalue weighted by Crippen LogP contribution is -2.43. The van der Waals surface area contributed by atoms with Gasteiger partial charge in [-0.05, 0) is 44.6 Å². The third-order valence-electron chi connectivity index (χ3n) is 3.41. The van der Waals surface area contributed by atoms with Crippen LogP contribution in [0.25, 0.3) is 0 Å². The molecule has 1 rings (SSSR count). The van der Waals surface area contributed by atoms with E-state index in [0.29, 0.717) is 5.41 Å². The number of piperidine rings is 1. The van der Waals surface area contributed by atoms with Crippen LogP contribution < -0.4 is 0 Å². The van der Waals surface area contributed by atoms with Gasteiger partial charge in [0.05, 0.1) is 0 Å². The highest BCUT2D eigenvalue weighted by molar-refractivity contribution is 4.82. The van der Waals surface area contributed by atoms with Crippen LogP contribution in [0.2, 0.25) is 0 Å². The zero-order valence-electron chi connectivity index (χ0n) is 9.93. The van der Waals surface area contributed by atoms with Gasteiger partial charge in [0.2, 0.25) is 0 Å². The Bertz CT molecular complexity index is 155. The molecule has 1 aliphatic rings. The van der Waals surface area contributed by atoms with Crippen LogP contribution in [0.15, 0.2) is 0 Å². The van der Waals surface area contributed by atoms with Crippen molar-refractivity contribution in [3.05, 3.63) is 0 Å². The van der Waals surface area contributed by atoms with Gasteiger partial charge >= 0.3 is 0 Å². The van der Waals surface area contributed by atoms with E-state index in [1.165, 1.54) is 25.9 Å². The van der Waals surface area contributed by atoms with E-state index in [9.17, 15) is 0 Å². The summed E-state index contributed by atoms with van der Waals surface area (Å²) in [6.45, 7) is 14.4. The first kappa shape index (κ1) is 11.0. The van der Waals surface area contributed by atoms with Crippen LogP contribution in [0, 0.1) is 11.3 Å². The summed E-state index contributed by atoms with van der Waals surface area (Å²) < 4.78 is 0. The predicted octanol–water partition coefficient (Wildman–Crippen LogP) is 3.15. The lowest BCUT2D eigenvalue weighted by atomic mass is 9.76. The van der Waals surface area contributed by atoms with E-state index in [2.05, 4.69) is 39.5 Å². The van der Waals surface area contributed by atoms with Gasteiger partial charge in [-0.15, -0.1) is 0 Å². The Morgan fingerprint density at radius 1 is 1.23 bits per heavy atom. The fraction of sp³-hybridized carbons (Fsp3) is 1.00. The van der Waals surface area contributed by atoms with Gasteiger partial charge in [-0.2, -0.15) is 0 Å². The second kappa shape index (κ2) is 4.00. The van der Waals surface area contributed by atoms with Gasteiger partial charge in [-0.25, -0.2) is 0 Å². The molecule has 1 saturated heterocycles. The number of hydrogen-bond acceptors (Lipinski definition) is 1. The largest absolute Gasteiger partial charge is 0.301 e.